The fourth-order valence-corrected chi connectivity index (χ4v) is 2.88. The Labute approximate surface area is 116 Å². The van der Waals surface area contributed by atoms with Gasteiger partial charge in [0.2, 0.25) is 0 Å². The third kappa shape index (κ3) is 2.84. The second-order valence-electron chi connectivity index (χ2n) is 5.62. The van der Waals surface area contributed by atoms with E-state index in [0.29, 0.717) is 0 Å². The number of benzene rings is 1. The van der Waals surface area contributed by atoms with E-state index in [0.717, 1.165) is 21.0 Å². The van der Waals surface area contributed by atoms with Crippen LogP contribution in [0.25, 0.3) is 10.4 Å². The largest absolute Gasteiger partial charge is 0.476 e. The number of hydrogen-bond donors (Lipinski definition) is 1. The number of thiazole rings is 1. The van der Waals surface area contributed by atoms with Crippen LogP contribution in [0.4, 0.5) is 0 Å². The van der Waals surface area contributed by atoms with Gasteiger partial charge in [0.15, 0.2) is 5.69 Å². The zero-order valence-electron chi connectivity index (χ0n) is 11.5. The molecule has 0 radical (unpaired) electrons. The van der Waals surface area contributed by atoms with Gasteiger partial charge < -0.3 is 5.11 Å². The summed E-state index contributed by atoms with van der Waals surface area (Å²) in [5, 5.41) is 10.2. The highest BCUT2D eigenvalue weighted by atomic mass is 32.1. The van der Waals surface area contributed by atoms with Crippen molar-refractivity contribution < 1.29 is 9.90 Å². The van der Waals surface area contributed by atoms with Gasteiger partial charge in [0.05, 0.1) is 9.88 Å². The van der Waals surface area contributed by atoms with E-state index in [2.05, 4.69) is 4.98 Å². The molecule has 4 heteroatoms. The van der Waals surface area contributed by atoms with Crippen LogP contribution in [-0.2, 0) is 5.41 Å². The zero-order chi connectivity index (χ0) is 14.2. The number of aromatic carboxylic acids is 1. The zero-order valence-corrected chi connectivity index (χ0v) is 12.3. The summed E-state index contributed by atoms with van der Waals surface area (Å²) in [5.74, 6) is -0.969. The van der Waals surface area contributed by atoms with Crippen molar-refractivity contribution in [1.82, 2.24) is 4.98 Å². The lowest BCUT2D eigenvalue weighted by molar-refractivity contribution is 0.0692. The molecule has 0 saturated carbocycles. The van der Waals surface area contributed by atoms with E-state index in [4.69, 9.17) is 0 Å². The van der Waals surface area contributed by atoms with Crippen LogP contribution in [0.15, 0.2) is 24.3 Å². The van der Waals surface area contributed by atoms with Crippen LogP contribution in [-0.4, -0.2) is 16.1 Å². The summed E-state index contributed by atoms with van der Waals surface area (Å²) in [6, 6.07) is 7.86. The molecule has 0 fully saturated rings. The first-order valence-corrected chi connectivity index (χ1v) is 6.92. The molecule has 1 aromatic carbocycles. The molecular formula is C15H17NO2S. The molecule has 1 heterocycles. The fourth-order valence-electron chi connectivity index (χ4n) is 1.77. The first kappa shape index (κ1) is 13.7. The van der Waals surface area contributed by atoms with Crippen molar-refractivity contribution in [2.45, 2.75) is 33.1 Å². The van der Waals surface area contributed by atoms with Crippen LogP contribution >= 0.6 is 11.3 Å². The summed E-state index contributed by atoms with van der Waals surface area (Å²) in [6.07, 6.45) is 0. The van der Waals surface area contributed by atoms with E-state index in [-0.39, 0.29) is 11.1 Å². The molecule has 2 rings (SSSR count). The molecule has 3 nitrogen and oxygen atoms in total. The molecule has 0 atom stereocenters. The maximum Gasteiger partial charge on any atom is 0.356 e. The van der Waals surface area contributed by atoms with Gasteiger partial charge in [0.25, 0.3) is 0 Å². The summed E-state index contributed by atoms with van der Waals surface area (Å²) < 4.78 is 0. The third-order valence-electron chi connectivity index (χ3n) is 2.75. The predicted molar refractivity (Wildman–Crippen MR) is 77.9 cm³/mol. The van der Waals surface area contributed by atoms with Crippen LogP contribution < -0.4 is 0 Å². The molecule has 0 spiro atoms. The molecule has 0 bridgehead atoms. The maximum absolute atomic E-state index is 11.4. The lowest BCUT2D eigenvalue weighted by Crippen LogP contribution is -2.11. The SMILES string of the molecule is Cc1cccc(-c2sc(C(C)(C)C)nc2C(=O)O)c1. The van der Waals surface area contributed by atoms with E-state index >= 15 is 0 Å². The molecule has 0 saturated heterocycles. The second kappa shape index (κ2) is 4.78. The van der Waals surface area contributed by atoms with Crippen molar-refractivity contribution in [3.63, 3.8) is 0 Å². The monoisotopic (exact) mass is 275 g/mol. The fraction of sp³-hybridized carbons (Fsp3) is 0.333. The highest BCUT2D eigenvalue weighted by Gasteiger charge is 2.25. The molecule has 19 heavy (non-hydrogen) atoms. The Morgan fingerprint density at radius 1 is 1.32 bits per heavy atom. The first-order valence-electron chi connectivity index (χ1n) is 6.10. The Bertz CT molecular complexity index is 623. The van der Waals surface area contributed by atoms with Crippen LogP contribution in [0.3, 0.4) is 0 Å². The van der Waals surface area contributed by atoms with Crippen molar-refractivity contribution in [2.24, 2.45) is 0 Å². The molecule has 0 unspecified atom stereocenters. The number of carbonyl (C=O) groups is 1. The van der Waals surface area contributed by atoms with E-state index in [9.17, 15) is 9.90 Å². The van der Waals surface area contributed by atoms with Crippen molar-refractivity contribution >= 4 is 17.3 Å². The number of rotatable bonds is 2. The molecule has 0 aliphatic rings. The van der Waals surface area contributed by atoms with Gasteiger partial charge in [-0.05, 0) is 12.5 Å². The van der Waals surface area contributed by atoms with Gasteiger partial charge >= 0.3 is 5.97 Å². The van der Waals surface area contributed by atoms with Crippen molar-refractivity contribution in [2.75, 3.05) is 0 Å². The van der Waals surface area contributed by atoms with Crippen molar-refractivity contribution in [3.8, 4) is 10.4 Å². The molecule has 0 aliphatic carbocycles. The summed E-state index contributed by atoms with van der Waals surface area (Å²) >= 11 is 1.46. The number of hydrogen-bond acceptors (Lipinski definition) is 3. The minimum atomic E-state index is -0.969. The lowest BCUT2D eigenvalue weighted by atomic mass is 9.98. The topological polar surface area (TPSA) is 50.2 Å². The first-order chi connectivity index (χ1) is 8.79. The molecular weight excluding hydrogens is 258 g/mol. The maximum atomic E-state index is 11.4. The summed E-state index contributed by atoms with van der Waals surface area (Å²) in [5.41, 5.74) is 2.04. The van der Waals surface area contributed by atoms with Crippen LogP contribution in [0.1, 0.15) is 41.8 Å². The lowest BCUT2D eigenvalue weighted by Gasteiger charge is -2.13. The number of aromatic nitrogens is 1. The Balaban J connectivity index is 2.62. The van der Waals surface area contributed by atoms with E-state index in [1.54, 1.807) is 0 Å². The van der Waals surface area contributed by atoms with E-state index < -0.39 is 5.97 Å². The average Bonchev–Trinajstić information content (AvgIpc) is 2.73. The summed E-state index contributed by atoms with van der Waals surface area (Å²) in [7, 11) is 0. The predicted octanol–water partition coefficient (Wildman–Crippen LogP) is 4.11. The number of nitrogens with zero attached hydrogens (tertiary/aromatic N) is 1. The van der Waals surface area contributed by atoms with E-state index in [1.807, 2.05) is 52.0 Å². The Morgan fingerprint density at radius 2 is 2.00 bits per heavy atom. The minimum Gasteiger partial charge on any atom is -0.476 e. The normalized spacial score (nSPS) is 11.6. The Kier molecular flexibility index (Phi) is 3.45. The van der Waals surface area contributed by atoms with Gasteiger partial charge in [-0.25, -0.2) is 9.78 Å². The smallest absolute Gasteiger partial charge is 0.356 e. The molecule has 2 aromatic rings. The van der Waals surface area contributed by atoms with Crippen molar-refractivity contribution in [1.29, 1.82) is 0 Å². The van der Waals surface area contributed by atoms with Gasteiger partial charge in [-0.3, -0.25) is 0 Å². The third-order valence-corrected chi connectivity index (χ3v) is 4.28. The van der Waals surface area contributed by atoms with Gasteiger partial charge in [-0.1, -0.05) is 50.6 Å². The van der Waals surface area contributed by atoms with Crippen LogP contribution in [0.2, 0.25) is 0 Å². The molecule has 0 amide bonds. The highest BCUT2D eigenvalue weighted by molar-refractivity contribution is 7.15. The summed E-state index contributed by atoms with van der Waals surface area (Å²) in [6.45, 7) is 8.11. The second-order valence-corrected chi connectivity index (χ2v) is 6.62. The molecule has 1 aromatic heterocycles. The van der Waals surface area contributed by atoms with Crippen LogP contribution in [0.5, 0.6) is 0 Å². The molecule has 0 aliphatic heterocycles. The molecule has 1 N–H and O–H groups in total. The number of carboxylic acid groups (broad SMARTS) is 1. The summed E-state index contributed by atoms with van der Waals surface area (Å²) in [4.78, 5) is 16.4. The Hall–Kier alpha value is -1.68. The quantitative estimate of drug-likeness (QED) is 0.897. The van der Waals surface area contributed by atoms with Gasteiger partial charge in [-0.15, -0.1) is 11.3 Å². The number of carboxylic acids is 1. The standard InChI is InChI=1S/C15H17NO2S/c1-9-6-5-7-10(8-9)12-11(13(17)18)16-14(19-12)15(2,3)4/h5-8H,1-4H3,(H,17,18). The van der Waals surface area contributed by atoms with Crippen molar-refractivity contribution in [3.05, 3.63) is 40.5 Å². The minimum absolute atomic E-state index is 0.142. The average molecular weight is 275 g/mol. The van der Waals surface area contributed by atoms with Gasteiger partial charge in [0, 0.05) is 5.41 Å². The van der Waals surface area contributed by atoms with Gasteiger partial charge in [-0.2, -0.15) is 0 Å². The molecule has 100 valence electrons. The Morgan fingerprint density at radius 3 is 2.53 bits per heavy atom. The highest BCUT2D eigenvalue weighted by Crippen LogP contribution is 2.36. The van der Waals surface area contributed by atoms with Crippen LogP contribution in [0, 0.1) is 6.92 Å². The number of aryl methyl sites for hydroxylation is 1. The van der Waals surface area contributed by atoms with Gasteiger partial charge in [0.1, 0.15) is 0 Å². The van der Waals surface area contributed by atoms with E-state index in [1.165, 1.54) is 11.3 Å².